The number of halogens is 2. The molecule has 0 aliphatic carbocycles. The second-order valence-corrected chi connectivity index (χ2v) is 5.60. The van der Waals surface area contributed by atoms with E-state index < -0.39 is 5.82 Å². The lowest BCUT2D eigenvalue weighted by molar-refractivity contribution is 0.321. The van der Waals surface area contributed by atoms with Crippen LogP contribution in [0, 0.1) is 5.82 Å². The van der Waals surface area contributed by atoms with E-state index in [4.69, 9.17) is 4.74 Å². The Morgan fingerprint density at radius 2 is 2.05 bits per heavy atom. The van der Waals surface area contributed by atoms with Crippen LogP contribution < -0.4 is 10.1 Å². The maximum absolute atomic E-state index is 13.8. The van der Waals surface area contributed by atoms with E-state index in [2.05, 4.69) is 31.2 Å². The molecule has 112 valence electrons. The molecule has 2 rings (SSSR count). The number of nitrogens with one attached hydrogen (secondary N) is 1. The Hall–Kier alpha value is -1.69. The predicted octanol–water partition coefficient (Wildman–Crippen LogP) is 4.64. The van der Waals surface area contributed by atoms with Crippen molar-refractivity contribution >= 4 is 27.4 Å². The van der Waals surface area contributed by atoms with Gasteiger partial charge in [-0.3, -0.25) is 0 Å². The Balaban J connectivity index is 2.24. The molecule has 1 aromatic carbocycles. The standard InChI is InChI=1S/C15H17BrFN3O/c1-4-21-12-6-5-10(7-11(12)17)18-14-8-13(16)19-15(20-14)9(2)3/h5-9H,4H2,1-3H3,(H,18,19,20). The Bertz CT molecular complexity index is 634. The zero-order valence-corrected chi connectivity index (χ0v) is 13.7. The van der Waals surface area contributed by atoms with Gasteiger partial charge in [0, 0.05) is 23.7 Å². The van der Waals surface area contributed by atoms with Crippen LogP contribution in [0.4, 0.5) is 15.9 Å². The minimum atomic E-state index is -0.404. The van der Waals surface area contributed by atoms with E-state index >= 15 is 0 Å². The van der Waals surface area contributed by atoms with Gasteiger partial charge in [0.15, 0.2) is 11.6 Å². The van der Waals surface area contributed by atoms with Crippen molar-refractivity contribution in [2.75, 3.05) is 11.9 Å². The second-order valence-electron chi connectivity index (χ2n) is 4.79. The molecule has 0 spiro atoms. The van der Waals surface area contributed by atoms with Crippen LogP contribution in [0.1, 0.15) is 32.5 Å². The van der Waals surface area contributed by atoms with Gasteiger partial charge in [-0.05, 0) is 35.0 Å². The van der Waals surface area contributed by atoms with Crippen molar-refractivity contribution in [3.05, 3.63) is 40.5 Å². The van der Waals surface area contributed by atoms with Gasteiger partial charge in [0.2, 0.25) is 0 Å². The van der Waals surface area contributed by atoms with E-state index in [1.54, 1.807) is 18.2 Å². The van der Waals surface area contributed by atoms with Gasteiger partial charge in [-0.1, -0.05) is 13.8 Å². The molecule has 0 unspecified atom stereocenters. The Morgan fingerprint density at radius 1 is 1.29 bits per heavy atom. The molecule has 0 atom stereocenters. The number of anilines is 2. The van der Waals surface area contributed by atoms with Gasteiger partial charge in [0.05, 0.1) is 6.61 Å². The van der Waals surface area contributed by atoms with E-state index in [1.165, 1.54) is 6.07 Å². The average Bonchev–Trinajstić information content (AvgIpc) is 2.41. The fourth-order valence-corrected chi connectivity index (χ4v) is 2.15. The molecule has 0 aliphatic rings. The highest BCUT2D eigenvalue weighted by molar-refractivity contribution is 9.10. The first-order valence-electron chi connectivity index (χ1n) is 6.73. The number of nitrogens with zero attached hydrogens (tertiary/aromatic N) is 2. The van der Waals surface area contributed by atoms with Crippen LogP contribution in [0.15, 0.2) is 28.9 Å². The SMILES string of the molecule is CCOc1ccc(Nc2cc(Br)nc(C(C)C)n2)cc1F. The van der Waals surface area contributed by atoms with Gasteiger partial charge in [-0.15, -0.1) is 0 Å². The summed E-state index contributed by atoms with van der Waals surface area (Å²) in [6.07, 6.45) is 0. The van der Waals surface area contributed by atoms with Gasteiger partial charge in [-0.2, -0.15) is 0 Å². The van der Waals surface area contributed by atoms with Crippen LogP contribution in [-0.2, 0) is 0 Å². The molecule has 2 aromatic rings. The number of ether oxygens (including phenoxy) is 1. The molecule has 0 bridgehead atoms. The molecule has 0 aliphatic heterocycles. The summed E-state index contributed by atoms with van der Waals surface area (Å²) in [5.41, 5.74) is 0.608. The summed E-state index contributed by atoms with van der Waals surface area (Å²) in [6.45, 7) is 6.28. The highest BCUT2D eigenvalue weighted by Crippen LogP contribution is 2.25. The zero-order chi connectivity index (χ0) is 15.4. The van der Waals surface area contributed by atoms with Crippen LogP contribution in [0.5, 0.6) is 5.75 Å². The minimum Gasteiger partial charge on any atom is -0.491 e. The lowest BCUT2D eigenvalue weighted by Gasteiger charge is -2.11. The third kappa shape index (κ3) is 4.14. The third-order valence-electron chi connectivity index (χ3n) is 2.73. The predicted molar refractivity (Wildman–Crippen MR) is 84.7 cm³/mol. The molecule has 0 fully saturated rings. The molecular weight excluding hydrogens is 337 g/mol. The maximum atomic E-state index is 13.8. The van der Waals surface area contributed by atoms with Gasteiger partial charge in [0.25, 0.3) is 0 Å². The highest BCUT2D eigenvalue weighted by atomic mass is 79.9. The van der Waals surface area contributed by atoms with Crippen molar-refractivity contribution in [3.63, 3.8) is 0 Å². The van der Waals surface area contributed by atoms with Crippen LogP contribution >= 0.6 is 15.9 Å². The first-order valence-corrected chi connectivity index (χ1v) is 7.52. The molecule has 0 amide bonds. The van der Waals surface area contributed by atoms with E-state index in [-0.39, 0.29) is 11.7 Å². The van der Waals surface area contributed by atoms with E-state index in [1.807, 2.05) is 20.8 Å². The summed E-state index contributed by atoms with van der Waals surface area (Å²) in [4.78, 5) is 8.71. The van der Waals surface area contributed by atoms with Crippen LogP contribution in [0.2, 0.25) is 0 Å². The van der Waals surface area contributed by atoms with E-state index in [9.17, 15) is 4.39 Å². The third-order valence-corrected chi connectivity index (χ3v) is 3.14. The smallest absolute Gasteiger partial charge is 0.167 e. The normalized spacial score (nSPS) is 10.8. The van der Waals surface area contributed by atoms with Crippen LogP contribution in [0.25, 0.3) is 0 Å². The van der Waals surface area contributed by atoms with Gasteiger partial charge < -0.3 is 10.1 Å². The molecule has 1 heterocycles. The summed E-state index contributed by atoms with van der Waals surface area (Å²) in [5.74, 6) is 1.39. The summed E-state index contributed by atoms with van der Waals surface area (Å²) < 4.78 is 19.7. The fraction of sp³-hybridized carbons (Fsp3) is 0.333. The monoisotopic (exact) mass is 353 g/mol. The number of benzene rings is 1. The maximum Gasteiger partial charge on any atom is 0.167 e. The zero-order valence-electron chi connectivity index (χ0n) is 12.2. The molecular formula is C15H17BrFN3O. The summed E-state index contributed by atoms with van der Waals surface area (Å²) in [7, 11) is 0. The quantitative estimate of drug-likeness (QED) is 0.795. The Kier molecular flexibility index (Phi) is 5.12. The van der Waals surface area contributed by atoms with Crippen molar-refractivity contribution in [1.82, 2.24) is 9.97 Å². The van der Waals surface area contributed by atoms with Crippen molar-refractivity contribution in [2.45, 2.75) is 26.7 Å². The number of hydrogen-bond acceptors (Lipinski definition) is 4. The highest BCUT2D eigenvalue weighted by Gasteiger charge is 2.09. The average molecular weight is 354 g/mol. The number of rotatable bonds is 5. The summed E-state index contributed by atoms with van der Waals surface area (Å²) in [6, 6.07) is 6.48. The van der Waals surface area contributed by atoms with Crippen LogP contribution in [-0.4, -0.2) is 16.6 Å². The summed E-state index contributed by atoms with van der Waals surface area (Å²) >= 11 is 3.36. The van der Waals surface area contributed by atoms with Gasteiger partial charge in [-0.25, -0.2) is 14.4 Å². The lowest BCUT2D eigenvalue weighted by Crippen LogP contribution is -2.02. The first-order chi connectivity index (χ1) is 9.99. The molecule has 1 aromatic heterocycles. The van der Waals surface area contributed by atoms with Crippen molar-refractivity contribution < 1.29 is 9.13 Å². The molecule has 0 saturated heterocycles. The second kappa shape index (κ2) is 6.85. The first kappa shape index (κ1) is 15.7. The number of aromatic nitrogens is 2. The van der Waals surface area contributed by atoms with Crippen LogP contribution in [0.3, 0.4) is 0 Å². The Labute approximate surface area is 131 Å². The van der Waals surface area contributed by atoms with Crippen molar-refractivity contribution in [1.29, 1.82) is 0 Å². The van der Waals surface area contributed by atoms with Gasteiger partial charge in [0.1, 0.15) is 16.2 Å². The molecule has 21 heavy (non-hydrogen) atoms. The summed E-state index contributed by atoms with van der Waals surface area (Å²) in [5, 5.41) is 3.07. The van der Waals surface area contributed by atoms with E-state index in [0.29, 0.717) is 22.7 Å². The number of hydrogen-bond donors (Lipinski definition) is 1. The topological polar surface area (TPSA) is 47.0 Å². The van der Waals surface area contributed by atoms with Gasteiger partial charge >= 0.3 is 0 Å². The molecule has 1 N–H and O–H groups in total. The molecule has 0 radical (unpaired) electrons. The molecule has 6 heteroatoms. The van der Waals surface area contributed by atoms with Crippen molar-refractivity contribution in [2.24, 2.45) is 0 Å². The molecule has 4 nitrogen and oxygen atoms in total. The lowest BCUT2D eigenvalue weighted by atomic mass is 10.2. The minimum absolute atomic E-state index is 0.208. The Morgan fingerprint density at radius 3 is 2.67 bits per heavy atom. The van der Waals surface area contributed by atoms with Crippen molar-refractivity contribution in [3.8, 4) is 5.75 Å². The van der Waals surface area contributed by atoms with E-state index in [0.717, 1.165) is 5.82 Å². The largest absolute Gasteiger partial charge is 0.491 e. The molecule has 0 saturated carbocycles. The fourth-order valence-electron chi connectivity index (χ4n) is 1.76.